The fourth-order valence-corrected chi connectivity index (χ4v) is 2.66. The average molecular weight is 324 g/mol. The summed E-state index contributed by atoms with van der Waals surface area (Å²) in [6, 6.07) is 7.50. The van der Waals surface area contributed by atoms with Gasteiger partial charge in [-0.25, -0.2) is 0 Å². The van der Waals surface area contributed by atoms with Crippen molar-refractivity contribution in [3.8, 4) is 5.75 Å². The molecule has 0 saturated carbocycles. The Balaban J connectivity index is 2.01. The molecule has 0 spiro atoms. The van der Waals surface area contributed by atoms with Gasteiger partial charge in [0.25, 0.3) is 0 Å². The van der Waals surface area contributed by atoms with Crippen molar-refractivity contribution in [3.63, 3.8) is 0 Å². The van der Waals surface area contributed by atoms with E-state index in [0.29, 0.717) is 25.9 Å². The Hall–Kier alpha value is -1.63. The Labute approximate surface area is 136 Å². The van der Waals surface area contributed by atoms with Crippen LogP contribution in [0.5, 0.6) is 5.75 Å². The predicted molar refractivity (Wildman–Crippen MR) is 83.0 cm³/mol. The van der Waals surface area contributed by atoms with E-state index < -0.39 is 6.29 Å². The van der Waals surface area contributed by atoms with Gasteiger partial charge in [0, 0.05) is 24.5 Å². The molecule has 3 atom stereocenters. The lowest BCUT2D eigenvalue weighted by Crippen LogP contribution is -2.37. The number of carbonyl (C=O) groups excluding carboxylic acids is 1. The summed E-state index contributed by atoms with van der Waals surface area (Å²) in [5.41, 5.74) is 0.899. The molecule has 6 nitrogen and oxygen atoms in total. The van der Waals surface area contributed by atoms with E-state index in [-0.39, 0.29) is 24.6 Å². The maximum atomic E-state index is 11.4. The SMILES string of the molecule is COC(=O)CC[C@H]1O[C@@H](c2ccc(OC)cc2)OC[C@@H]1CCO. The lowest BCUT2D eigenvalue weighted by atomic mass is 9.94. The highest BCUT2D eigenvalue weighted by Gasteiger charge is 2.32. The maximum Gasteiger partial charge on any atom is 0.305 e. The van der Waals surface area contributed by atoms with Crippen molar-refractivity contribution < 1.29 is 28.8 Å². The van der Waals surface area contributed by atoms with E-state index in [4.69, 9.17) is 14.2 Å². The maximum absolute atomic E-state index is 11.4. The van der Waals surface area contributed by atoms with Gasteiger partial charge >= 0.3 is 5.97 Å². The standard InChI is InChI=1S/C17H24O6/c1-20-14-5-3-12(4-6-14)17-22-11-13(9-10-18)15(23-17)7-8-16(19)21-2/h3-6,13,15,17-18H,7-11H2,1-2H3/t13-,15+,17-/m0/s1. The van der Waals surface area contributed by atoms with Gasteiger partial charge < -0.3 is 24.1 Å². The number of aliphatic hydroxyl groups excluding tert-OH is 1. The second-order valence-electron chi connectivity index (χ2n) is 5.50. The Bertz CT molecular complexity index is 486. The minimum Gasteiger partial charge on any atom is -0.497 e. The minimum atomic E-state index is -0.474. The third kappa shape index (κ3) is 4.92. The highest BCUT2D eigenvalue weighted by atomic mass is 16.7. The number of rotatable bonds is 7. The van der Waals surface area contributed by atoms with Gasteiger partial charge in [0.15, 0.2) is 6.29 Å². The van der Waals surface area contributed by atoms with Gasteiger partial charge in [-0.1, -0.05) is 12.1 Å². The van der Waals surface area contributed by atoms with Crippen LogP contribution in [0.15, 0.2) is 24.3 Å². The van der Waals surface area contributed by atoms with Gasteiger partial charge in [-0.05, 0) is 25.0 Å². The normalized spacial score (nSPS) is 24.2. The van der Waals surface area contributed by atoms with Crippen molar-refractivity contribution in [2.45, 2.75) is 31.7 Å². The molecule has 128 valence electrons. The summed E-state index contributed by atoms with van der Waals surface area (Å²) in [5.74, 6) is 0.577. The summed E-state index contributed by atoms with van der Waals surface area (Å²) >= 11 is 0. The first-order valence-corrected chi connectivity index (χ1v) is 7.76. The molecule has 2 rings (SSSR count). The molecule has 0 aromatic heterocycles. The van der Waals surface area contributed by atoms with E-state index in [2.05, 4.69) is 4.74 Å². The third-order valence-electron chi connectivity index (χ3n) is 4.03. The smallest absolute Gasteiger partial charge is 0.305 e. The molecule has 0 aliphatic carbocycles. The highest BCUT2D eigenvalue weighted by molar-refractivity contribution is 5.69. The quantitative estimate of drug-likeness (QED) is 0.774. The number of hydrogen-bond acceptors (Lipinski definition) is 6. The zero-order chi connectivity index (χ0) is 16.7. The molecule has 6 heteroatoms. The molecule has 1 saturated heterocycles. The highest BCUT2D eigenvalue weighted by Crippen LogP contribution is 2.33. The predicted octanol–water partition coefficient (Wildman–Crippen LogP) is 2.06. The molecule has 0 bridgehead atoms. The molecule has 1 aromatic rings. The van der Waals surface area contributed by atoms with Gasteiger partial charge in [0.2, 0.25) is 0 Å². The van der Waals surface area contributed by atoms with Crippen LogP contribution in [-0.2, 0) is 19.0 Å². The van der Waals surface area contributed by atoms with Gasteiger partial charge in [-0.2, -0.15) is 0 Å². The number of benzene rings is 1. The lowest BCUT2D eigenvalue weighted by molar-refractivity contribution is -0.244. The van der Waals surface area contributed by atoms with Gasteiger partial charge in [0.05, 0.1) is 26.9 Å². The Kier molecular flexibility index (Phi) is 6.83. The average Bonchev–Trinajstić information content (AvgIpc) is 2.60. The number of aliphatic hydroxyl groups is 1. The van der Waals surface area contributed by atoms with Crippen molar-refractivity contribution >= 4 is 5.97 Å². The van der Waals surface area contributed by atoms with Crippen molar-refractivity contribution in [1.29, 1.82) is 0 Å². The van der Waals surface area contributed by atoms with Gasteiger partial charge in [0.1, 0.15) is 5.75 Å². The summed E-state index contributed by atoms with van der Waals surface area (Å²) in [7, 11) is 2.99. The first-order valence-electron chi connectivity index (χ1n) is 7.76. The molecule has 0 unspecified atom stereocenters. The van der Waals surface area contributed by atoms with Crippen LogP contribution in [-0.4, -0.2) is 44.6 Å². The molecular formula is C17H24O6. The van der Waals surface area contributed by atoms with E-state index in [1.807, 2.05) is 24.3 Å². The molecule has 1 fully saturated rings. The van der Waals surface area contributed by atoms with E-state index in [0.717, 1.165) is 11.3 Å². The summed E-state index contributed by atoms with van der Waals surface area (Å²) < 4.78 is 21.6. The van der Waals surface area contributed by atoms with E-state index in [1.54, 1.807) is 7.11 Å². The van der Waals surface area contributed by atoms with Crippen LogP contribution in [0, 0.1) is 5.92 Å². The molecule has 23 heavy (non-hydrogen) atoms. The van der Waals surface area contributed by atoms with Crippen molar-refractivity contribution in [2.75, 3.05) is 27.4 Å². The first-order chi connectivity index (χ1) is 11.2. The summed E-state index contributed by atoms with van der Waals surface area (Å²) in [6.45, 7) is 0.558. The summed E-state index contributed by atoms with van der Waals surface area (Å²) in [5, 5.41) is 9.18. The summed E-state index contributed by atoms with van der Waals surface area (Å²) in [4.78, 5) is 11.4. The second kappa shape index (κ2) is 8.86. The lowest BCUT2D eigenvalue weighted by Gasteiger charge is -2.36. The van der Waals surface area contributed by atoms with E-state index >= 15 is 0 Å². The fourth-order valence-electron chi connectivity index (χ4n) is 2.66. The van der Waals surface area contributed by atoms with Gasteiger partial charge in [-0.3, -0.25) is 4.79 Å². The van der Waals surface area contributed by atoms with E-state index in [9.17, 15) is 9.90 Å². The zero-order valence-corrected chi connectivity index (χ0v) is 13.6. The number of hydrogen-bond donors (Lipinski definition) is 1. The Morgan fingerprint density at radius 3 is 2.61 bits per heavy atom. The molecule has 1 N–H and O–H groups in total. The molecular weight excluding hydrogens is 300 g/mol. The molecule has 1 aromatic carbocycles. The van der Waals surface area contributed by atoms with Crippen LogP contribution in [0.4, 0.5) is 0 Å². The Morgan fingerprint density at radius 1 is 1.26 bits per heavy atom. The minimum absolute atomic E-state index is 0.0687. The number of esters is 1. The molecule has 0 amide bonds. The topological polar surface area (TPSA) is 74.2 Å². The van der Waals surface area contributed by atoms with Crippen molar-refractivity contribution in [2.24, 2.45) is 5.92 Å². The van der Waals surface area contributed by atoms with E-state index in [1.165, 1.54) is 7.11 Å². The van der Waals surface area contributed by atoms with Crippen LogP contribution in [0.25, 0.3) is 0 Å². The Morgan fingerprint density at radius 2 is 2.00 bits per heavy atom. The number of carbonyl (C=O) groups is 1. The second-order valence-corrected chi connectivity index (χ2v) is 5.50. The van der Waals surface area contributed by atoms with Crippen molar-refractivity contribution in [3.05, 3.63) is 29.8 Å². The molecule has 1 aliphatic rings. The largest absolute Gasteiger partial charge is 0.497 e. The number of ether oxygens (including phenoxy) is 4. The molecule has 0 radical (unpaired) electrons. The zero-order valence-electron chi connectivity index (χ0n) is 13.6. The summed E-state index contributed by atoms with van der Waals surface area (Å²) in [6.07, 6.45) is 0.799. The monoisotopic (exact) mass is 324 g/mol. The third-order valence-corrected chi connectivity index (χ3v) is 4.03. The van der Waals surface area contributed by atoms with Crippen molar-refractivity contribution in [1.82, 2.24) is 0 Å². The first kappa shape index (κ1) is 17.7. The van der Waals surface area contributed by atoms with Crippen LogP contribution in [0.1, 0.15) is 31.1 Å². The number of methoxy groups -OCH3 is 2. The fraction of sp³-hybridized carbons (Fsp3) is 0.588. The van der Waals surface area contributed by atoms with Crippen LogP contribution in [0.3, 0.4) is 0 Å². The molecule has 1 heterocycles. The van der Waals surface area contributed by atoms with Gasteiger partial charge in [-0.15, -0.1) is 0 Å². The van der Waals surface area contributed by atoms with Crippen LogP contribution < -0.4 is 4.74 Å². The van der Waals surface area contributed by atoms with Crippen LogP contribution in [0.2, 0.25) is 0 Å². The molecule has 1 aliphatic heterocycles. The van der Waals surface area contributed by atoms with Crippen LogP contribution >= 0.6 is 0 Å².